The van der Waals surface area contributed by atoms with Crippen LogP contribution in [0.2, 0.25) is 0 Å². The molecule has 0 saturated carbocycles. The molecule has 0 atom stereocenters. The summed E-state index contributed by atoms with van der Waals surface area (Å²) in [6.45, 7) is 0. The van der Waals surface area contributed by atoms with E-state index in [0.717, 1.165) is 106 Å². The average molecular weight is 1530 g/mol. The Balaban J connectivity index is 0.000000140. The van der Waals surface area contributed by atoms with E-state index in [2.05, 4.69) is 419 Å². The zero-order chi connectivity index (χ0) is 79.1. The minimum atomic E-state index is 0.700. The molecule has 0 aliphatic rings. The summed E-state index contributed by atoms with van der Waals surface area (Å²) in [6.07, 6.45) is 0. The zero-order valence-electron chi connectivity index (χ0n) is 65.1. The lowest BCUT2D eigenvalue weighted by atomic mass is 10.0. The molecule has 0 aliphatic carbocycles. The summed E-state index contributed by atoms with van der Waals surface area (Å²) < 4.78 is 9.86. The monoisotopic (exact) mass is 1530 g/mol. The first-order chi connectivity index (χ1) is 59.5. The Morgan fingerprint density at radius 1 is 0.158 bits per heavy atom. The van der Waals surface area contributed by atoms with Gasteiger partial charge in [-0.1, -0.05) is 340 Å². The van der Waals surface area contributed by atoms with Crippen LogP contribution in [0, 0.1) is 0 Å². The molecule has 0 radical (unpaired) electrons. The molecule has 6 aromatic heterocycles. The van der Waals surface area contributed by atoms with Crippen molar-refractivity contribution in [2.24, 2.45) is 0 Å². The fourth-order valence-electron chi connectivity index (χ4n) is 18.4. The van der Waals surface area contributed by atoms with E-state index in [0.29, 0.717) is 11.6 Å². The summed E-state index contributed by atoms with van der Waals surface area (Å²) in [6, 6.07) is 156. The fraction of sp³-hybridized carbons (Fsp3) is 0. The third kappa shape index (κ3) is 11.8. The molecule has 0 amide bonds. The van der Waals surface area contributed by atoms with E-state index in [-0.39, 0.29) is 0 Å². The van der Waals surface area contributed by atoms with Gasteiger partial charge in [0, 0.05) is 98.6 Å². The number of hydrogen-bond donors (Lipinski definition) is 0. The van der Waals surface area contributed by atoms with Crippen molar-refractivity contribution in [3.05, 3.63) is 437 Å². The smallest absolute Gasteiger partial charge is 0.160 e. The molecule has 6 heterocycles. The van der Waals surface area contributed by atoms with Gasteiger partial charge in [0.15, 0.2) is 11.6 Å². The SMILES string of the molecule is c1ccc(-c2cccc(-n3c4ccccc4c4ccc5c(c6ccccc6n5-c5cccc6cc(-c7cc(-c8ccccc8)nc(-c8ccccc8)n7)ccc56)c43)c2)cc1.c1ccc(-c2cccc(-n3c4ccccc4c4ccc5c(c6ccccc6n5-c5cccc6cc(-c7nc(-c8ccccc8)cc(-c8ccccc8)n7)ccc56)c43)c2)cc1. The Bertz CT molecular complexity index is 7530. The van der Waals surface area contributed by atoms with E-state index in [4.69, 9.17) is 19.9 Å². The number of rotatable bonds is 12. The van der Waals surface area contributed by atoms with Crippen molar-refractivity contribution < 1.29 is 0 Å². The second-order valence-electron chi connectivity index (χ2n) is 30.8. The second kappa shape index (κ2) is 29.0. The lowest BCUT2D eigenvalue weighted by Gasteiger charge is -2.14. The summed E-state index contributed by atoms with van der Waals surface area (Å²) >= 11 is 0. The number of hydrogen-bond acceptors (Lipinski definition) is 4. The number of nitrogens with zero attached hydrogens (tertiary/aromatic N) is 8. The van der Waals surface area contributed by atoms with Crippen LogP contribution in [-0.4, -0.2) is 38.2 Å². The maximum Gasteiger partial charge on any atom is 0.160 e. The number of para-hydroxylation sites is 4. The minimum Gasteiger partial charge on any atom is -0.309 e. The van der Waals surface area contributed by atoms with Crippen molar-refractivity contribution in [2.45, 2.75) is 0 Å². The Morgan fingerprint density at radius 2 is 0.467 bits per heavy atom. The van der Waals surface area contributed by atoms with E-state index in [1.54, 1.807) is 0 Å². The number of benzene rings is 18. The van der Waals surface area contributed by atoms with Gasteiger partial charge in [-0.25, -0.2) is 19.9 Å². The second-order valence-corrected chi connectivity index (χ2v) is 30.8. The molecule has 24 rings (SSSR count). The van der Waals surface area contributed by atoms with Gasteiger partial charge < -0.3 is 18.3 Å². The molecule has 0 bridgehead atoms. The van der Waals surface area contributed by atoms with Gasteiger partial charge >= 0.3 is 0 Å². The summed E-state index contributed by atoms with van der Waals surface area (Å²) in [5, 5.41) is 14.5. The van der Waals surface area contributed by atoms with Gasteiger partial charge in [-0.2, -0.15) is 0 Å². The van der Waals surface area contributed by atoms with Crippen molar-refractivity contribution in [1.82, 2.24) is 38.2 Å². The number of fused-ring (bicyclic) bond motifs is 16. The minimum absolute atomic E-state index is 0.700. The van der Waals surface area contributed by atoms with Gasteiger partial charge in [0.1, 0.15) is 0 Å². The first-order valence-electron chi connectivity index (χ1n) is 40.8. The molecular formula is C112H72N8. The Morgan fingerprint density at radius 3 is 0.883 bits per heavy atom. The Hall–Kier alpha value is -16.2. The lowest BCUT2D eigenvalue weighted by Crippen LogP contribution is -1.98. The maximum absolute atomic E-state index is 5.14. The average Bonchev–Trinajstić information content (AvgIpc) is 1.55. The third-order valence-corrected chi connectivity index (χ3v) is 23.8. The van der Waals surface area contributed by atoms with E-state index in [9.17, 15) is 0 Å². The standard InChI is InChI=1S/2C56H36N4/c1-4-16-37(17-5-1)40-22-14-24-43(35-40)59-51-27-12-10-25-45(51)46-32-33-53-54(55(46)59)47-26-11-13-28-52(47)60(53)50-29-15-23-41-34-42(30-31-44(41)50)49-36-48(38-18-6-2-7-19-38)57-56(58-49)39-20-8-3-9-21-39;1-4-16-37(17-5-1)40-22-14-24-43(35-40)59-51-27-12-10-25-45(51)46-32-33-53-54(55(46)59)47-26-11-13-28-52(47)60(53)50-29-15-23-41-34-42(30-31-44(41)50)56-57-48(38-18-6-2-7-19-38)36-49(58-56)39-20-8-3-9-21-39/h2*1-36H. The van der Waals surface area contributed by atoms with Gasteiger partial charge in [-0.3, -0.25) is 0 Å². The molecule has 24 aromatic rings. The summed E-state index contributed by atoms with van der Waals surface area (Å²) in [5.74, 6) is 1.41. The first-order valence-corrected chi connectivity index (χ1v) is 40.8. The largest absolute Gasteiger partial charge is 0.309 e. The molecule has 0 saturated heterocycles. The Kier molecular flexibility index (Phi) is 16.7. The van der Waals surface area contributed by atoms with Crippen LogP contribution in [0.1, 0.15) is 0 Å². The van der Waals surface area contributed by atoms with E-state index in [1.165, 1.54) is 104 Å². The van der Waals surface area contributed by atoms with Crippen LogP contribution in [0.25, 0.3) is 222 Å². The summed E-state index contributed by atoms with van der Waals surface area (Å²) in [4.78, 5) is 20.5. The fourth-order valence-corrected chi connectivity index (χ4v) is 18.4. The van der Waals surface area contributed by atoms with E-state index in [1.807, 2.05) is 36.4 Å². The normalized spacial score (nSPS) is 11.7. The molecule has 0 fully saturated rings. The molecule has 18 aromatic carbocycles. The van der Waals surface area contributed by atoms with Crippen molar-refractivity contribution in [3.63, 3.8) is 0 Å². The van der Waals surface area contributed by atoms with E-state index >= 15 is 0 Å². The quantitative estimate of drug-likeness (QED) is 0.122. The van der Waals surface area contributed by atoms with Crippen LogP contribution in [0.3, 0.4) is 0 Å². The highest BCUT2D eigenvalue weighted by atomic mass is 15.0. The highest BCUT2D eigenvalue weighted by molar-refractivity contribution is 6.28. The van der Waals surface area contributed by atoms with Gasteiger partial charge in [-0.05, 0) is 130 Å². The van der Waals surface area contributed by atoms with Crippen LogP contribution in [0.15, 0.2) is 437 Å². The van der Waals surface area contributed by atoms with Crippen LogP contribution < -0.4 is 0 Å². The number of aromatic nitrogens is 8. The van der Waals surface area contributed by atoms with Crippen molar-refractivity contribution in [2.75, 3.05) is 0 Å². The summed E-state index contributed by atoms with van der Waals surface area (Å²) in [5.41, 5.74) is 28.6. The van der Waals surface area contributed by atoms with Crippen LogP contribution in [-0.2, 0) is 0 Å². The topological polar surface area (TPSA) is 71.3 Å². The zero-order valence-corrected chi connectivity index (χ0v) is 65.1. The van der Waals surface area contributed by atoms with Crippen molar-refractivity contribution in [3.8, 4) is 113 Å². The molecule has 0 N–H and O–H groups in total. The van der Waals surface area contributed by atoms with Crippen molar-refractivity contribution in [1.29, 1.82) is 0 Å². The maximum atomic E-state index is 5.14. The molecule has 560 valence electrons. The van der Waals surface area contributed by atoms with Crippen LogP contribution in [0.5, 0.6) is 0 Å². The predicted molar refractivity (Wildman–Crippen MR) is 500 cm³/mol. The third-order valence-electron chi connectivity index (χ3n) is 23.8. The molecular weight excluding hydrogens is 1460 g/mol. The first kappa shape index (κ1) is 69.4. The molecule has 0 aliphatic heterocycles. The van der Waals surface area contributed by atoms with Gasteiger partial charge in [0.05, 0.1) is 78.3 Å². The van der Waals surface area contributed by atoms with Crippen LogP contribution in [0.4, 0.5) is 0 Å². The molecule has 0 spiro atoms. The summed E-state index contributed by atoms with van der Waals surface area (Å²) in [7, 11) is 0. The lowest BCUT2D eigenvalue weighted by molar-refractivity contribution is 1.18. The van der Waals surface area contributed by atoms with Crippen LogP contribution >= 0.6 is 0 Å². The molecule has 120 heavy (non-hydrogen) atoms. The van der Waals surface area contributed by atoms with Gasteiger partial charge in [-0.15, -0.1) is 0 Å². The Labute approximate surface area is 692 Å². The van der Waals surface area contributed by atoms with Crippen molar-refractivity contribution >= 4 is 109 Å². The van der Waals surface area contributed by atoms with E-state index < -0.39 is 0 Å². The predicted octanol–water partition coefficient (Wildman–Crippen LogP) is 29.0. The molecule has 8 heteroatoms. The van der Waals surface area contributed by atoms with Gasteiger partial charge in [0.2, 0.25) is 0 Å². The molecule has 8 nitrogen and oxygen atoms in total. The molecule has 0 unspecified atom stereocenters. The highest BCUT2D eigenvalue weighted by Gasteiger charge is 2.26. The highest BCUT2D eigenvalue weighted by Crippen LogP contribution is 2.47. The van der Waals surface area contributed by atoms with Gasteiger partial charge in [0.25, 0.3) is 0 Å².